The van der Waals surface area contributed by atoms with Crippen molar-refractivity contribution in [1.29, 1.82) is 0 Å². The van der Waals surface area contributed by atoms with Crippen molar-refractivity contribution >= 4 is 17.6 Å². The molecule has 1 amide bonds. The Kier molecular flexibility index (Phi) is 5.86. The van der Waals surface area contributed by atoms with Crippen molar-refractivity contribution in [1.82, 2.24) is 9.78 Å². The van der Waals surface area contributed by atoms with Crippen molar-refractivity contribution in [3.8, 4) is 5.69 Å². The molecule has 156 valence electrons. The number of esters is 1. The van der Waals surface area contributed by atoms with Gasteiger partial charge in [-0.2, -0.15) is 18.3 Å². The van der Waals surface area contributed by atoms with Crippen LogP contribution < -0.4 is 5.32 Å². The van der Waals surface area contributed by atoms with Gasteiger partial charge in [0.15, 0.2) is 5.69 Å². The van der Waals surface area contributed by atoms with Crippen LogP contribution in [0, 0.1) is 5.82 Å². The summed E-state index contributed by atoms with van der Waals surface area (Å²) < 4.78 is 59.1. The molecule has 10 heteroatoms. The lowest BCUT2D eigenvalue weighted by Crippen LogP contribution is -2.18. The van der Waals surface area contributed by atoms with Crippen molar-refractivity contribution < 1.29 is 31.9 Å². The Balaban J connectivity index is 1.89. The molecule has 1 N–H and O–H groups in total. The standard InChI is InChI=1S/C20H15F4N3O3/c1-2-30-19(29)16-11-25-27(17(16)20(22,23)24)15-8-6-12(7-9-15)18(28)26-14-5-3-4-13(21)10-14/h3-11H,2H2,1H3,(H,26,28). The first-order valence-electron chi connectivity index (χ1n) is 8.70. The molecule has 1 heterocycles. The number of alkyl halides is 3. The number of ether oxygens (including phenoxy) is 1. The van der Waals surface area contributed by atoms with Crippen LogP contribution in [0.5, 0.6) is 0 Å². The molecule has 0 aliphatic rings. The summed E-state index contributed by atoms with van der Waals surface area (Å²) in [6.45, 7) is 1.39. The van der Waals surface area contributed by atoms with E-state index < -0.39 is 35.1 Å². The normalized spacial score (nSPS) is 11.2. The van der Waals surface area contributed by atoms with E-state index in [0.717, 1.165) is 12.3 Å². The van der Waals surface area contributed by atoms with Crippen molar-refractivity contribution in [3.63, 3.8) is 0 Å². The van der Waals surface area contributed by atoms with Crippen LogP contribution in [0.4, 0.5) is 23.2 Å². The Morgan fingerprint density at radius 2 is 1.83 bits per heavy atom. The van der Waals surface area contributed by atoms with Gasteiger partial charge in [-0.25, -0.2) is 13.9 Å². The number of rotatable bonds is 5. The number of carbonyl (C=O) groups is 2. The molecule has 3 rings (SSSR count). The Morgan fingerprint density at radius 1 is 1.13 bits per heavy atom. The van der Waals surface area contributed by atoms with Gasteiger partial charge in [0, 0.05) is 11.3 Å². The number of hydrogen-bond acceptors (Lipinski definition) is 4. The van der Waals surface area contributed by atoms with Gasteiger partial charge in [-0.1, -0.05) is 6.07 Å². The highest BCUT2D eigenvalue weighted by Crippen LogP contribution is 2.34. The molecule has 0 saturated carbocycles. The highest BCUT2D eigenvalue weighted by molar-refractivity contribution is 6.04. The topological polar surface area (TPSA) is 73.2 Å². The third-order valence-corrected chi connectivity index (χ3v) is 3.99. The largest absolute Gasteiger partial charge is 0.462 e. The third-order valence-electron chi connectivity index (χ3n) is 3.99. The van der Waals surface area contributed by atoms with Crippen LogP contribution in [0.1, 0.15) is 33.3 Å². The summed E-state index contributed by atoms with van der Waals surface area (Å²) in [4.78, 5) is 24.1. The molecular formula is C20H15F4N3O3. The fourth-order valence-electron chi connectivity index (χ4n) is 2.70. The van der Waals surface area contributed by atoms with Crippen LogP contribution in [0.3, 0.4) is 0 Å². The Hall–Kier alpha value is -3.69. The highest BCUT2D eigenvalue weighted by Gasteiger charge is 2.41. The van der Waals surface area contributed by atoms with E-state index in [1.165, 1.54) is 49.4 Å². The summed E-state index contributed by atoms with van der Waals surface area (Å²) in [6, 6.07) is 10.3. The molecule has 0 aliphatic heterocycles. The quantitative estimate of drug-likeness (QED) is 0.488. The molecular weight excluding hydrogens is 406 g/mol. The van der Waals surface area contributed by atoms with E-state index in [9.17, 15) is 27.2 Å². The number of aromatic nitrogens is 2. The summed E-state index contributed by atoms with van der Waals surface area (Å²) in [5.74, 6) is -2.24. The second-order valence-electron chi connectivity index (χ2n) is 6.05. The fraction of sp³-hybridized carbons (Fsp3) is 0.150. The molecule has 0 bridgehead atoms. The van der Waals surface area contributed by atoms with Gasteiger partial charge in [0.1, 0.15) is 11.4 Å². The Bertz CT molecular complexity index is 1080. The number of nitrogens with one attached hydrogen (secondary N) is 1. The van der Waals surface area contributed by atoms with E-state index in [1.807, 2.05) is 0 Å². The van der Waals surface area contributed by atoms with Crippen molar-refractivity contribution in [2.75, 3.05) is 11.9 Å². The molecule has 2 aromatic carbocycles. The first-order valence-corrected chi connectivity index (χ1v) is 8.70. The molecule has 0 unspecified atom stereocenters. The molecule has 0 radical (unpaired) electrons. The second-order valence-corrected chi connectivity index (χ2v) is 6.05. The molecule has 30 heavy (non-hydrogen) atoms. The van der Waals surface area contributed by atoms with E-state index in [-0.39, 0.29) is 23.5 Å². The summed E-state index contributed by atoms with van der Waals surface area (Å²) in [5, 5.41) is 6.15. The number of hydrogen-bond donors (Lipinski definition) is 1. The average Bonchev–Trinajstić information content (AvgIpc) is 3.14. The number of nitrogens with zero attached hydrogens (tertiary/aromatic N) is 2. The lowest BCUT2D eigenvalue weighted by Gasteiger charge is -2.13. The lowest BCUT2D eigenvalue weighted by atomic mass is 10.1. The van der Waals surface area contributed by atoms with Crippen LogP contribution >= 0.6 is 0 Å². The van der Waals surface area contributed by atoms with E-state index in [0.29, 0.717) is 4.68 Å². The zero-order valence-electron chi connectivity index (χ0n) is 15.5. The van der Waals surface area contributed by atoms with Crippen LogP contribution in [0.15, 0.2) is 54.7 Å². The van der Waals surface area contributed by atoms with Gasteiger partial charge < -0.3 is 10.1 Å². The molecule has 0 spiro atoms. The molecule has 3 aromatic rings. The van der Waals surface area contributed by atoms with Gasteiger partial charge in [0.05, 0.1) is 18.5 Å². The summed E-state index contributed by atoms with van der Waals surface area (Å²) >= 11 is 0. The van der Waals surface area contributed by atoms with Gasteiger partial charge in [-0.3, -0.25) is 4.79 Å². The van der Waals surface area contributed by atoms with Gasteiger partial charge in [-0.05, 0) is 49.4 Å². The zero-order valence-corrected chi connectivity index (χ0v) is 15.5. The minimum Gasteiger partial charge on any atom is -0.462 e. The summed E-state index contributed by atoms with van der Waals surface area (Å²) in [7, 11) is 0. The predicted molar refractivity (Wildman–Crippen MR) is 98.9 cm³/mol. The summed E-state index contributed by atoms with van der Waals surface area (Å²) in [5.41, 5.74) is -1.64. The predicted octanol–water partition coefficient (Wildman–Crippen LogP) is 4.46. The number of amides is 1. The molecule has 0 aliphatic carbocycles. The van der Waals surface area contributed by atoms with E-state index in [4.69, 9.17) is 0 Å². The first kappa shape index (κ1) is 21.0. The van der Waals surface area contributed by atoms with E-state index in [1.54, 1.807) is 0 Å². The molecule has 0 atom stereocenters. The van der Waals surface area contributed by atoms with Crippen LogP contribution in [0.25, 0.3) is 5.69 Å². The second kappa shape index (κ2) is 8.36. The number of carbonyl (C=O) groups excluding carboxylic acids is 2. The first-order chi connectivity index (χ1) is 14.2. The van der Waals surface area contributed by atoms with Gasteiger partial charge >= 0.3 is 12.1 Å². The maximum absolute atomic E-state index is 13.5. The average molecular weight is 421 g/mol. The number of anilines is 1. The Labute approximate surface area is 168 Å². The minimum absolute atomic E-state index is 0.0137. The van der Waals surface area contributed by atoms with E-state index >= 15 is 0 Å². The smallest absolute Gasteiger partial charge is 0.434 e. The van der Waals surface area contributed by atoms with Crippen molar-refractivity contribution in [2.24, 2.45) is 0 Å². The van der Waals surface area contributed by atoms with Crippen molar-refractivity contribution in [3.05, 3.63) is 77.4 Å². The monoisotopic (exact) mass is 421 g/mol. The van der Waals surface area contributed by atoms with Crippen LogP contribution in [-0.2, 0) is 10.9 Å². The third kappa shape index (κ3) is 4.48. The zero-order chi connectivity index (χ0) is 21.9. The van der Waals surface area contributed by atoms with Gasteiger partial charge in [-0.15, -0.1) is 0 Å². The van der Waals surface area contributed by atoms with E-state index in [2.05, 4.69) is 15.2 Å². The maximum atomic E-state index is 13.5. The van der Waals surface area contributed by atoms with Gasteiger partial charge in [0.25, 0.3) is 5.91 Å². The number of halogens is 4. The Morgan fingerprint density at radius 3 is 2.43 bits per heavy atom. The van der Waals surface area contributed by atoms with Crippen LogP contribution in [0.2, 0.25) is 0 Å². The molecule has 1 aromatic heterocycles. The highest BCUT2D eigenvalue weighted by atomic mass is 19.4. The number of benzene rings is 2. The van der Waals surface area contributed by atoms with Crippen molar-refractivity contribution in [2.45, 2.75) is 13.1 Å². The molecule has 6 nitrogen and oxygen atoms in total. The molecule has 0 saturated heterocycles. The lowest BCUT2D eigenvalue weighted by molar-refractivity contribution is -0.143. The molecule has 0 fully saturated rings. The minimum atomic E-state index is -4.87. The summed E-state index contributed by atoms with van der Waals surface area (Å²) in [6.07, 6.45) is -4.09. The fourth-order valence-corrected chi connectivity index (χ4v) is 2.70. The van der Waals surface area contributed by atoms with Crippen LogP contribution in [-0.4, -0.2) is 28.3 Å². The maximum Gasteiger partial charge on any atom is 0.434 e. The SMILES string of the molecule is CCOC(=O)c1cnn(-c2ccc(C(=O)Nc3cccc(F)c3)cc2)c1C(F)(F)F. The van der Waals surface area contributed by atoms with Gasteiger partial charge in [0.2, 0.25) is 0 Å².